The largest absolute Gasteiger partial charge is 0.495 e. The highest BCUT2D eigenvalue weighted by Crippen LogP contribution is 2.48. The number of nitrogens with two attached hydrogens (primary N) is 1. The SMILES string of the molecule is COc1cc(OC)c(Cl)c(N2Cc3cnc(NC4CCCCC4N)nc3N(Cc3ccccc3)C2=O)c1Cl. The van der Waals surface area contributed by atoms with Crippen LogP contribution in [0.1, 0.15) is 36.8 Å². The Morgan fingerprint density at radius 3 is 2.42 bits per heavy atom. The minimum atomic E-state index is -0.334. The molecule has 2 heterocycles. The molecule has 11 heteroatoms. The summed E-state index contributed by atoms with van der Waals surface area (Å²) in [6, 6.07) is 11.1. The first-order chi connectivity index (χ1) is 18.4. The smallest absolute Gasteiger partial charge is 0.330 e. The number of halogens is 2. The predicted octanol–water partition coefficient (Wildman–Crippen LogP) is 5.63. The molecule has 1 fully saturated rings. The van der Waals surface area contributed by atoms with Crippen molar-refractivity contribution in [1.29, 1.82) is 0 Å². The average Bonchev–Trinajstić information content (AvgIpc) is 2.93. The third-order valence-electron chi connectivity index (χ3n) is 7.03. The zero-order valence-electron chi connectivity index (χ0n) is 21.3. The lowest BCUT2D eigenvalue weighted by molar-refractivity contribution is 0.249. The standard InChI is InChI=1S/C27H30Cl2N6O3/c1-37-20-12-21(38-2)23(29)24(22(20)28)34-15-17-13-31-26(32-19-11-7-6-10-18(19)30)33-25(17)35(27(34)36)14-16-8-4-3-5-9-16/h3-5,8-9,12-13,18-19H,6-7,10-11,14-15,30H2,1-2H3,(H,31,32,33). The predicted molar refractivity (Wildman–Crippen MR) is 150 cm³/mol. The van der Waals surface area contributed by atoms with Gasteiger partial charge in [-0.1, -0.05) is 66.4 Å². The third-order valence-corrected chi connectivity index (χ3v) is 7.76. The first kappa shape index (κ1) is 26.3. The minimum Gasteiger partial charge on any atom is -0.495 e. The molecule has 0 spiro atoms. The summed E-state index contributed by atoms with van der Waals surface area (Å²) in [4.78, 5) is 26.6. The van der Waals surface area contributed by atoms with Crippen LogP contribution in [-0.4, -0.2) is 42.3 Å². The van der Waals surface area contributed by atoms with Gasteiger partial charge in [-0.15, -0.1) is 0 Å². The second kappa shape index (κ2) is 11.2. The summed E-state index contributed by atoms with van der Waals surface area (Å²) in [7, 11) is 2.99. The molecule has 2 atom stereocenters. The number of aromatic nitrogens is 2. The van der Waals surface area contributed by atoms with Crippen molar-refractivity contribution in [3.8, 4) is 11.5 Å². The Labute approximate surface area is 231 Å². The molecule has 0 bridgehead atoms. The highest BCUT2D eigenvalue weighted by molar-refractivity contribution is 6.42. The van der Waals surface area contributed by atoms with Crippen molar-refractivity contribution in [2.75, 3.05) is 29.3 Å². The molecule has 9 nitrogen and oxygen atoms in total. The van der Waals surface area contributed by atoms with Crippen LogP contribution in [0, 0.1) is 0 Å². The lowest BCUT2D eigenvalue weighted by Gasteiger charge is -2.37. The van der Waals surface area contributed by atoms with Crippen LogP contribution in [0.2, 0.25) is 10.0 Å². The molecule has 0 saturated heterocycles. The van der Waals surface area contributed by atoms with Crippen molar-refractivity contribution in [2.45, 2.75) is 50.9 Å². The summed E-state index contributed by atoms with van der Waals surface area (Å²) in [5.74, 6) is 1.66. The maximum Gasteiger partial charge on any atom is 0.330 e. The van der Waals surface area contributed by atoms with Crippen molar-refractivity contribution in [1.82, 2.24) is 9.97 Å². The van der Waals surface area contributed by atoms with E-state index in [0.29, 0.717) is 35.5 Å². The number of hydrogen-bond acceptors (Lipinski definition) is 7. The average molecular weight is 557 g/mol. The Bertz CT molecular complexity index is 1300. The molecule has 1 saturated carbocycles. The molecule has 1 aliphatic heterocycles. The van der Waals surface area contributed by atoms with Crippen molar-refractivity contribution < 1.29 is 14.3 Å². The van der Waals surface area contributed by atoms with Crippen molar-refractivity contribution >= 4 is 46.7 Å². The van der Waals surface area contributed by atoms with E-state index >= 15 is 0 Å². The fourth-order valence-corrected chi connectivity index (χ4v) is 5.69. The Hall–Kier alpha value is -3.27. The van der Waals surface area contributed by atoms with E-state index in [4.69, 9.17) is 43.4 Å². The minimum absolute atomic E-state index is 0.0354. The number of fused-ring (bicyclic) bond motifs is 1. The number of hydrogen-bond donors (Lipinski definition) is 2. The quantitative estimate of drug-likeness (QED) is 0.388. The summed E-state index contributed by atoms with van der Waals surface area (Å²) >= 11 is 13.4. The van der Waals surface area contributed by atoms with Gasteiger partial charge in [0, 0.05) is 29.9 Å². The zero-order chi connectivity index (χ0) is 26.8. The van der Waals surface area contributed by atoms with Gasteiger partial charge in [-0.25, -0.2) is 9.78 Å². The lowest BCUT2D eigenvalue weighted by atomic mass is 9.91. The van der Waals surface area contributed by atoms with Gasteiger partial charge in [-0.3, -0.25) is 9.80 Å². The topological polar surface area (TPSA) is 106 Å². The molecule has 1 aromatic heterocycles. The van der Waals surface area contributed by atoms with Gasteiger partial charge >= 0.3 is 6.03 Å². The molecule has 1 aliphatic carbocycles. The number of amides is 2. The fraction of sp³-hybridized carbons (Fsp3) is 0.370. The zero-order valence-corrected chi connectivity index (χ0v) is 22.8. The normalized spacial score (nSPS) is 19.2. The molecule has 200 valence electrons. The monoisotopic (exact) mass is 556 g/mol. The van der Waals surface area contributed by atoms with E-state index in [2.05, 4.69) is 10.3 Å². The number of ether oxygens (including phenoxy) is 2. The Morgan fingerprint density at radius 2 is 1.76 bits per heavy atom. The maximum atomic E-state index is 14.1. The number of nitrogens with zero attached hydrogens (tertiary/aromatic N) is 4. The van der Waals surface area contributed by atoms with Crippen LogP contribution in [0.3, 0.4) is 0 Å². The molecule has 0 radical (unpaired) electrons. The number of urea groups is 1. The van der Waals surface area contributed by atoms with Gasteiger partial charge in [0.2, 0.25) is 5.95 Å². The molecule has 2 amide bonds. The molecule has 2 aromatic carbocycles. The molecule has 3 N–H and O–H groups in total. The highest BCUT2D eigenvalue weighted by atomic mass is 35.5. The summed E-state index contributed by atoms with van der Waals surface area (Å²) in [6.45, 7) is 0.456. The van der Waals surface area contributed by atoms with Crippen molar-refractivity contribution in [3.63, 3.8) is 0 Å². The first-order valence-corrected chi connectivity index (χ1v) is 13.3. The maximum absolute atomic E-state index is 14.1. The van der Waals surface area contributed by atoms with Gasteiger partial charge in [0.15, 0.2) is 0 Å². The van der Waals surface area contributed by atoms with Gasteiger partial charge in [0.25, 0.3) is 0 Å². The van der Waals surface area contributed by atoms with Crippen LogP contribution in [0.25, 0.3) is 0 Å². The molecule has 2 aliphatic rings. The molecular formula is C27H30Cl2N6O3. The lowest BCUT2D eigenvalue weighted by Crippen LogP contribution is -2.48. The van der Waals surface area contributed by atoms with Crippen LogP contribution in [0.15, 0.2) is 42.6 Å². The number of benzene rings is 2. The third kappa shape index (κ3) is 5.06. The van der Waals surface area contributed by atoms with Gasteiger partial charge in [0.1, 0.15) is 27.4 Å². The highest BCUT2D eigenvalue weighted by Gasteiger charge is 2.37. The summed E-state index contributed by atoms with van der Waals surface area (Å²) in [5, 5.41) is 3.81. The number of rotatable bonds is 7. The second-order valence-electron chi connectivity index (χ2n) is 9.44. The molecule has 38 heavy (non-hydrogen) atoms. The van der Waals surface area contributed by atoms with E-state index in [1.165, 1.54) is 19.1 Å². The number of carbonyl (C=O) groups excluding carboxylic acids is 1. The summed E-state index contributed by atoms with van der Waals surface area (Å²) < 4.78 is 10.9. The number of nitrogens with one attached hydrogen (secondary N) is 1. The molecular weight excluding hydrogens is 527 g/mol. The van der Waals surface area contributed by atoms with E-state index < -0.39 is 0 Å². The van der Waals surface area contributed by atoms with Crippen LogP contribution >= 0.6 is 23.2 Å². The second-order valence-corrected chi connectivity index (χ2v) is 10.2. The van der Waals surface area contributed by atoms with E-state index in [0.717, 1.165) is 36.8 Å². The van der Waals surface area contributed by atoms with E-state index in [-0.39, 0.29) is 34.7 Å². The van der Waals surface area contributed by atoms with E-state index in [9.17, 15) is 4.79 Å². The molecule has 2 unspecified atom stereocenters. The van der Waals surface area contributed by atoms with Crippen molar-refractivity contribution in [3.05, 3.63) is 63.8 Å². The number of anilines is 3. The van der Waals surface area contributed by atoms with Gasteiger partial charge in [0.05, 0.1) is 33.0 Å². The molecule has 3 aromatic rings. The van der Waals surface area contributed by atoms with Crippen LogP contribution < -0.4 is 30.3 Å². The summed E-state index contributed by atoms with van der Waals surface area (Å²) in [6.07, 6.45) is 5.88. The Kier molecular flexibility index (Phi) is 7.78. The van der Waals surface area contributed by atoms with E-state index in [1.54, 1.807) is 17.2 Å². The van der Waals surface area contributed by atoms with Crippen LogP contribution in [-0.2, 0) is 13.1 Å². The number of carbonyl (C=O) groups is 1. The Morgan fingerprint density at radius 1 is 1.08 bits per heavy atom. The summed E-state index contributed by atoms with van der Waals surface area (Å²) in [5.41, 5.74) is 8.32. The fourth-order valence-electron chi connectivity index (χ4n) is 4.98. The van der Waals surface area contributed by atoms with Crippen LogP contribution in [0.4, 0.5) is 22.2 Å². The van der Waals surface area contributed by atoms with Gasteiger partial charge < -0.3 is 20.5 Å². The number of methoxy groups -OCH3 is 2. The first-order valence-electron chi connectivity index (χ1n) is 12.5. The van der Waals surface area contributed by atoms with Crippen molar-refractivity contribution in [2.24, 2.45) is 5.73 Å². The van der Waals surface area contributed by atoms with Gasteiger partial charge in [-0.05, 0) is 18.4 Å². The van der Waals surface area contributed by atoms with Crippen LogP contribution in [0.5, 0.6) is 11.5 Å². The van der Waals surface area contributed by atoms with Gasteiger partial charge in [-0.2, -0.15) is 4.98 Å². The molecule has 5 rings (SSSR count). The Balaban J connectivity index is 1.57. The van der Waals surface area contributed by atoms with E-state index in [1.807, 2.05) is 30.3 Å².